The van der Waals surface area contributed by atoms with Crippen LogP contribution in [0.1, 0.15) is 51.9 Å². The first-order chi connectivity index (χ1) is 18.8. The summed E-state index contributed by atoms with van der Waals surface area (Å²) in [6.45, 7) is 10.2. The molecule has 5 atom stereocenters. The van der Waals surface area contributed by atoms with Gasteiger partial charge in [-0.15, -0.1) is 6.58 Å². The summed E-state index contributed by atoms with van der Waals surface area (Å²) in [6.07, 6.45) is 7.74. The molecule has 3 heterocycles. The number of benzene rings is 1. The largest absolute Gasteiger partial charge is 0.461 e. The number of halogens is 1. The fraction of sp³-hybridized carbons (Fsp3) is 0.567. The van der Waals surface area contributed by atoms with Crippen molar-refractivity contribution in [3.05, 3.63) is 54.6 Å². The third kappa shape index (κ3) is 5.14. The minimum absolute atomic E-state index is 0.0453. The van der Waals surface area contributed by atoms with Crippen molar-refractivity contribution in [2.75, 3.05) is 31.2 Å². The molecule has 3 aliphatic heterocycles. The average Bonchev–Trinajstić information content (AvgIpc) is 3.54. The number of rotatable bonds is 14. The minimum Gasteiger partial charge on any atom is -0.461 e. The highest BCUT2D eigenvalue weighted by atomic mass is 35.5. The van der Waals surface area contributed by atoms with E-state index in [1.807, 2.05) is 6.92 Å². The van der Waals surface area contributed by atoms with Crippen molar-refractivity contribution in [3.63, 3.8) is 0 Å². The fourth-order valence-corrected chi connectivity index (χ4v) is 6.92. The topological polar surface area (TPSA) is 96.4 Å². The summed E-state index contributed by atoms with van der Waals surface area (Å²) < 4.78 is 12.3. The summed E-state index contributed by atoms with van der Waals surface area (Å²) in [7, 11) is 0. The SMILES string of the molecule is C=CCOC(=O)[C@@H]1[C@H]2C(=O)N(CCCCCCO)C(C(=O)N(CC=C)c3ccc(Cl)cc3)C23CC[C@@]1(CC)O3. The molecule has 3 fully saturated rings. The highest BCUT2D eigenvalue weighted by Gasteiger charge is 2.79. The van der Waals surface area contributed by atoms with E-state index in [4.69, 9.17) is 26.2 Å². The first kappa shape index (κ1) is 29.3. The van der Waals surface area contributed by atoms with Crippen molar-refractivity contribution in [1.29, 1.82) is 0 Å². The number of aliphatic hydroxyl groups is 1. The molecule has 4 rings (SSSR count). The van der Waals surface area contributed by atoms with Gasteiger partial charge in [-0.2, -0.15) is 0 Å². The molecule has 212 valence electrons. The van der Waals surface area contributed by atoms with Crippen LogP contribution in [0.5, 0.6) is 0 Å². The van der Waals surface area contributed by atoms with Crippen molar-refractivity contribution in [1.82, 2.24) is 4.90 Å². The average molecular weight is 559 g/mol. The number of anilines is 1. The highest BCUT2D eigenvalue weighted by Crippen LogP contribution is 2.64. The van der Waals surface area contributed by atoms with Crippen molar-refractivity contribution in [2.24, 2.45) is 11.8 Å². The molecule has 2 bridgehead atoms. The molecule has 1 aromatic rings. The highest BCUT2D eigenvalue weighted by molar-refractivity contribution is 6.30. The number of nitrogens with zero attached hydrogens (tertiary/aromatic N) is 2. The number of esters is 1. The predicted molar refractivity (Wildman–Crippen MR) is 149 cm³/mol. The van der Waals surface area contributed by atoms with Crippen LogP contribution in [-0.4, -0.2) is 71.3 Å². The molecule has 39 heavy (non-hydrogen) atoms. The van der Waals surface area contributed by atoms with Crippen LogP contribution in [0.25, 0.3) is 0 Å². The van der Waals surface area contributed by atoms with Gasteiger partial charge in [0, 0.05) is 30.4 Å². The maximum Gasteiger partial charge on any atom is 0.313 e. The Bertz CT molecular complexity index is 1090. The Labute approximate surface area is 235 Å². The molecule has 3 aliphatic rings. The Hall–Kier alpha value is -2.68. The molecule has 9 heteroatoms. The van der Waals surface area contributed by atoms with Crippen molar-refractivity contribution in [3.8, 4) is 0 Å². The Morgan fingerprint density at radius 3 is 2.54 bits per heavy atom. The number of amides is 2. The second kappa shape index (κ2) is 12.2. The zero-order valence-corrected chi connectivity index (χ0v) is 23.4. The number of fused-ring (bicyclic) bond motifs is 1. The van der Waals surface area contributed by atoms with Gasteiger partial charge in [-0.05, 0) is 56.4 Å². The number of carbonyl (C=O) groups is 3. The molecule has 3 saturated heterocycles. The van der Waals surface area contributed by atoms with E-state index in [1.54, 1.807) is 40.1 Å². The van der Waals surface area contributed by atoms with Crippen LogP contribution in [0.15, 0.2) is 49.6 Å². The summed E-state index contributed by atoms with van der Waals surface area (Å²) in [6, 6.07) is 6.08. The normalized spacial score (nSPS) is 28.8. The summed E-state index contributed by atoms with van der Waals surface area (Å²) in [4.78, 5) is 45.3. The van der Waals surface area contributed by atoms with Gasteiger partial charge in [-0.3, -0.25) is 14.4 Å². The standard InChI is InChI=1S/C30H39ClN2O6/c1-4-17-32(22-13-11-21(31)12-14-22)27(36)25-30-16-15-29(6-3,39-30)24(28(37)38-20-5-2)23(30)26(35)33(25)18-9-7-8-10-19-34/h4-5,11-14,23-25,34H,1-2,6-10,15-20H2,3H3/t23-,24-,25?,29+,30?/m0/s1. The zero-order valence-electron chi connectivity index (χ0n) is 22.6. The molecule has 1 spiro atoms. The van der Waals surface area contributed by atoms with Crippen LogP contribution in [-0.2, 0) is 23.9 Å². The van der Waals surface area contributed by atoms with Crippen LogP contribution in [0.2, 0.25) is 5.02 Å². The van der Waals surface area contributed by atoms with E-state index < -0.39 is 35.0 Å². The number of carbonyl (C=O) groups excluding carboxylic acids is 3. The summed E-state index contributed by atoms with van der Waals surface area (Å²) in [5.74, 6) is -2.57. The van der Waals surface area contributed by atoms with E-state index in [0.717, 1.165) is 12.8 Å². The van der Waals surface area contributed by atoms with Crippen molar-refractivity contribution in [2.45, 2.75) is 69.1 Å². The van der Waals surface area contributed by atoms with Crippen LogP contribution < -0.4 is 4.90 Å². The Balaban J connectivity index is 1.74. The summed E-state index contributed by atoms with van der Waals surface area (Å²) in [5, 5.41) is 9.69. The van der Waals surface area contributed by atoms with E-state index in [-0.39, 0.29) is 31.6 Å². The predicted octanol–water partition coefficient (Wildman–Crippen LogP) is 4.30. The van der Waals surface area contributed by atoms with Gasteiger partial charge in [0.15, 0.2) is 0 Å². The number of hydrogen-bond donors (Lipinski definition) is 1. The van der Waals surface area contributed by atoms with Crippen LogP contribution >= 0.6 is 11.6 Å². The number of unbranched alkanes of at least 4 members (excludes halogenated alkanes) is 3. The molecule has 2 unspecified atom stereocenters. The first-order valence-corrected chi connectivity index (χ1v) is 14.2. The van der Waals surface area contributed by atoms with E-state index in [1.165, 1.54) is 6.08 Å². The van der Waals surface area contributed by atoms with Crippen LogP contribution in [0.4, 0.5) is 5.69 Å². The Kier molecular flexibility index (Phi) is 9.19. The molecule has 8 nitrogen and oxygen atoms in total. The fourth-order valence-electron chi connectivity index (χ4n) is 6.80. The monoisotopic (exact) mass is 558 g/mol. The quantitative estimate of drug-likeness (QED) is 0.208. The molecule has 1 aromatic carbocycles. The number of likely N-dealkylation sites (tertiary alicyclic amines) is 1. The summed E-state index contributed by atoms with van der Waals surface area (Å²) in [5.41, 5.74) is -1.34. The summed E-state index contributed by atoms with van der Waals surface area (Å²) >= 11 is 6.11. The first-order valence-electron chi connectivity index (χ1n) is 13.9. The molecule has 0 radical (unpaired) electrons. The van der Waals surface area contributed by atoms with Crippen LogP contribution in [0, 0.1) is 11.8 Å². The molecular formula is C30H39ClN2O6. The van der Waals surface area contributed by atoms with Gasteiger partial charge in [0.25, 0.3) is 5.91 Å². The lowest BCUT2D eigenvalue weighted by atomic mass is 9.65. The maximum atomic E-state index is 14.5. The minimum atomic E-state index is -1.13. The van der Waals surface area contributed by atoms with Crippen molar-refractivity contribution >= 4 is 35.1 Å². The molecule has 2 amide bonds. The van der Waals surface area contributed by atoms with E-state index in [2.05, 4.69) is 13.2 Å². The smallest absolute Gasteiger partial charge is 0.313 e. The second-order valence-electron chi connectivity index (χ2n) is 10.6. The van der Waals surface area contributed by atoms with Gasteiger partial charge in [0.1, 0.15) is 24.2 Å². The van der Waals surface area contributed by atoms with E-state index in [9.17, 15) is 14.4 Å². The van der Waals surface area contributed by atoms with Gasteiger partial charge in [0.05, 0.1) is 11.5 Å². The molecule has 1 N–H and O–H groups in total. The van der Waals surface area contributed by atoms with Gasteiger partial charge in [0.2, 0.25) is 5.91 Å². The lowest BCUT2D eigenvalue weighted by Crippen LogP contribution is -2.56. The van der Waals surface area contributed by atoms with E-state index in [0.29, 0.717) is 49.4 Å². The van der Waals surface area contributed by atoms with E-state index >= 15 is 0 Å². The maximum absolute atomic E-state index is 14.5. The second-order valence-corrected chi connectivity index (χ2v) is 11.1. The van der Waals surface area contributed by atoms with Gasteiger partial charge >= 0.3 is 5.97 Å². The zero-order chi connectivity index (χ0) is 28.2. The van der Waals surface area contributed by atoms with Gasteiger partial charge in [-0.1, -0.05) is 50.1 Å². The van der Waals surface area contributed by atoms with Gasteiger partial charge < -0.3 is 24.4 Å². The number of ether oxygens (including phenoxy) is 2. The Morgan fingerprint density at radius 2 is 1.90 bits per heavy atom. The molecule has 0 aromatic heterocycles. The number of hydrogen-bond acceptors (Lipinski definition) is 6. The molecule has 0 aliphatic carbocycles. The number of aliphatic hydroxyl groups excluding tert-OH is 1. The molecular weight excluding hydrogens is 520 g/mol. The van der Waals surface area contributed by atoms with Gasteiger partial charge in [-0.25, -0.2) is 0 Å². The van der Waals surface area contributed by atoms with Crippen LogP contribution in [0.3, 0.4) is 0 Å². The lowest BCUT2D eigenvalue weighted by Gasteiger charge is -2.37. The molecule has 0 saturated carbocycles. The van der Waals surface area contributed by atoms with Crippen molar-refractivity contribution < 1.29 is 29.0 Å². The third-order valence-electron chi connectivity index (χ3n) is 8.54. The lowest BCUT2D eigenvalue weighted by molar-refractivity contribution is -0.159. The third-order valence-corrected chi connectivity index (χ3v) is 8.79. The Morgan fingerprint density at radius 1 is 1.18 bits per heavy atom.